The van der Waals surface area contributed by atoms with Crippen molar-refractivity contribution in [1.82, 2.24) is 10.2 Å². The number of piperazine rings is 1. The van der Waals surface area contributed by atoms with Crippen molar-refractivity contribution in [3.05, 3.63) is 22.4 Å². The molecule has 118 valence electrons. The van der Waals surface area contributed by atoms with Gasteiger partial charge in [-0.3, -0.25) is 4.90 Å². The van der Waals surface area contributed by atoms with E-state index in [4.69, 9.17) is 0 Å². The zero-order valence-electron chi connectivity index (χ0n) is 13.6. The zero-order chi connectivity index (χ0) is 14.7. The molecule has 1 spiro atoms. The van der Waals surface area contributed by atoms with Crippen LogP contribution in [0.5, 0.6) is 0 Å². The maximum Gasteiger partial charge on any atom is 0.0334 e. The van der Waals surface area contributed by atoms with Crippen molar-refractivity contribution in [2.75, 3.05) is 19.6 Å². The molecule has 0 radical (unpaired) electrons. The average molecular weight is 307 g/mol. The molecule has 1 atom stereocenters. The van der Waals surface area contributed by atoms with Crippen LogP contribution in [0.25, 0.3) is 0 Å². The second kappa shape index (κ2) is 6.80. The standard InChI is InChI=1S/C18H30N2S/c1-15(2)12-16-13-20(10-7-17-6-5-11-21-17)18(14-19-16)8-3-4-9-18/h5-6,11,15-16,19H,3-4,7-10,12-14H2,1-2H3. The van der Waals surface area contributed by atoms with Gasteiger partial charge >= 0.3 is 0 Å². The fourth-order valence-corrected chi connectivity index (χ4v) is 4.95. The third kappa shape index (κ3) is 3.69. The Kier molecular flexibility index (Phi) is 5.03. The zero-order valence-corrected chi connectivity index (χ0v) is 14.4. The van der Waals surface area contributed by atoms with Gasteiger partial charge in [-0.25, -0.2) is 0 Å². The third-order valence-corrected chi connectivity index (χ3v) is 6.27. The SMILES string of the molecule is CC(C)CC1CN(CCc2cccs2)C2(CCCC2)CN1. The lowest BCUT2D eigenvalue weighted by Gasteiger charge is -2.49. The summed E-state index contributed by atoms with van der Waals surface area (Å²) in [5, 5.41) is 6.08. The van der Waals surface area contributed by atoms with E-state index in [0.29, 0.717) is 11.6 Å². The Morgan fingerprint density at radius 1 is 1.38 bits per heavy atom. The van der Waals surface area contributed by atoms with Gasteiger partial charge in [-0.1, -0.05) is 32.8 Å². The minimum Gasteiger partial charge on any atom is -0.311 e. The number of thiophene rings is 1. The van der Waals surface area contributed by atoms with Gasteiger partial charge in [0.25, 0.3) is 0 Å². The molecule has 1 aromatic rings. The van der Waals surface area contributed by atoms with Crippen LogP contribution in [0.15, 0.2) is 17.5 Å². The van der Waals surface area contributed by atoms with Crippen molar-refractivity contribution in [1.29, 1.82) is 0 Å². The van der Waals surface area contributed by atoms with Gasteiger partial charge in [-0.15, -0.1) is 11.3 Å². The lowest BCUT2D eigenvalue weighted by molar-refractivity contribution is 0.0398. The highest BCUT2D eigenvalue weighted by Gasteiger charge is 2.43. The summed E-state index contributed by atoms with van der Waals surface area (Å²) in [6.45, 7) is 8.41. The minimum atomic E-state index is 0.477. The first-order valence-corrected chi connectivity index (χ1v) is 9.57. The third-order valence-electron chi connectivity index (χ3n) is 5.33. The maximum absolute atomic E-state index is 3.87. The van der Waals surface area contributed by atoms with Gasteiger partial charge in [0.1, 0.15) is 0 Å². The summed E-state index contributed by atoms with van der Waals surface area (Å²) in [7, 11) is 0. The summed E-state index contributed by atoms with van der Waals surface area (Å²) >= 11 is 1.91. The fourth-order valence-electron chi connectivity index (χ4n) is 4.25. The smallest absolute Gasteiger partial charge is 0.0334 e. The molecular weight excluding hydrogens is 276 g/mol. The number of nitrogens with one attached hydrogen (secondary N) is 1. The molecule has 0 aromatic carbocycles. The van der Waals surface area contributed by atoms with Crippen LogP contribution in [0.3, 0.4) is 0 Å². The lowest BCUT2D eigenvalue weighted by Crippen LogP contribution is -2.64. The van der Waals surface area contributed by atoms with Gasteiger partial charge in [0.15, 0.2) is 0 Å². The molecule has 1 aromatic heterocycles. The Bertz CT molecular complexity index is 420. The van der Waals surface area contributed by atoms with E-state index in [2.05, 4.69) is 41.6 Å². The van der Waals surface area contributed by atoms with Crippen molar-refractivity contribution in [3.63, 3.8) is 0 Å². The van der Waals surface area contributed by atoms with E-state index in [1.165, 1.54) is 58.2 Å². The van der Waals surface area contributed by atoms with Gasteiger partial charge in [-0.05, 0) is 43.0 Å². The van der Waals surface area contributed by atoms with E-state index >= 15 is 0 Å². The number of hydrogen-bond donors (Lipinski definition) is 1. The molecule has 3 rings (SSSR count). The summed E-state index contributed by atoms with van der Waals surface area (Å²) in [5.41, 5.74) is 0.477. The van der Waals surface area contributed by atoms with Crippen LogP contribution >= 0.6 is 11.3 Å². The number of nitrogens with zero attached hydrogens (tertiary/aromatic N) is 1. The molecule has 1 aliphatic carbocycles. The monoisotopic (exact) mass is 306 g/mol. The van der Waals surface area contributed by atoms with E-state index in [0.717, 1.165) is 5.92 Å². The van der Waals surface area contributed by atoms with Crippen molar-refractivity contribution < 1.29 is 0 Å². The molecule has 21 heavy (non-hydrogen) atoms. The molecule has 1 aliphatic heterocycles. The minimum absolute atomic E-state index is 0.477. The highest BCUT2D eigenvalue weighted by Crippen LogP contribution is 2.37. The summed E-state index contributed by atoms with van der Waals surface area (Å²) in [5.74, 6) is 0.791. The van der Waals surface area contributed by atoms with Crippen LogP contribution in [-0.4, -0.2) is 36.1 Å². The quantitative estimate of drug-likeness (QED) is 0.887. The molecule has 0 bridgehead atoms. The van der Waals surface area contributed by atoms with Crippen LogP contribution in [0, 0.1) is 5.92 Å². The van der Waals surface area contributed by atoms with Crippen LogP contribution < -0.4 is 5.32 Å². The fraction of sp³-hybridized carbons (Fsp3) is 0.778. The highest BCUT2D eigenvalue weighted by molar-refractivity contribution is 7.09. The van der Waals surface area contributed by atoms with Gasteiger partial charge in [-0.2, -0.15) is 0 Å². The molecule has 2 heterocycles. The highest BCUT2D eigenvalue weighted by atomic mass is 32.1. The second-order valence-corrected chi connectivity index (χ2v) is 8.45. The number of hydrogen-bond acceptors (Lipinski definition) is 3. The molecule has 1 unspecified atom stereocenters. The molecule has 0 amide bonds. The van der Waals surface area contributed by atoms with Gasteiger partial charge in [0.05, 0.1) is 0 Å². The van der Waals surface area contributed by atoms with Gasteiger partial charge < -0.3 is 5.32 Å². The Morgan fingerprint density at radius 2 is 2.19 bits per heavy atom. The van der Waals surface area contributed by atoms with E-state index in [-0.39, 0.29) is 0 Å². The molecule has 2 aliphatic rings. The summed E-state index contributed by atoms with van der Waals surface area (Å²) < 4.78 is 0. The second-order valence-electron chi connectivity index (χ2n) is 7.41. The van der Waals surface area contributed by atoms with E-state index in [9.17, 15) is 0 Å². The largest absolute Gasteiger partial charge is 0.311 e. The first-order valence-electron chi connectivity index (χ1n) is 8.69. The first kappa shape index (κ1) is 15.5. The predicted molar refractivity (Wildman–Crippen MR) is 92.0 cm³/mol. The summed E-state index contributed by atoms with van der Waals surface area (Å²) in [6.07, 6.45) is 8.19. The Balaban J connectivity index is 1.64. The Morgan fingerprint density at radius 3 is 2.86 bits per heavy atom. The predicted octanol–water partition coefficient (Wildman–Crippen LogP) is 3.92. The van der Waals surface area contributed by atoms with Gasteiger partial charge in [0, 0.05) is 36.1 Å². The molecule has 1 saturated heterocycles. The van der Waals surface area contributed by atoms with E-state index in [1.807, 2.05) is 11.3 Å². The molecule has 2 fully saturated rings. The summed E-state index contributed by atoms with van der Waals surface area (Å²) in [6, 6.07) is 5.17. The first-order chi connectivity index (χ1) is 10.2. The van der Waals surface area contributed by atoms with Gasteiger partial charge in [0.2, 0.25) is 0 Å². The summed E-state index contributed by atoms with van der Waals surface area (Å²) in [4.78, 5) is 4.39. The normalized spacial score (nSPS) is 26.0. The Hall–Kier alpha value is -0.380. The molecule has 3 heteroatoms. The van der Waals surface area contributed by atoms with Crippen molar-refractivity contribution in [2.24, 2.45) is 5.92 Å². The average Bonchev–Trinajstić information content (AvgIpc) is 3.11. The Labute approximate surface area is 133 Å². The molecule has 1 saturated carbocycles. The number of rotatable bonds is 5. The molecule has 2 nitrogen and oxygen atoms in total. The van der Waals surface area contributed by atoms with Crippen LogP contribution in [0.4, 0.5) is 0 Å². The lowest BCUT2D eigenvalue weighted by atomic mass is 9.88. The molecule has 1 N–H and O–H groups in total. The van der Waals surface area contributed by atoms with Crippen molar-refractivity contribution >= 4 is 11.3 Å². The molecular formula is C18H30N2S. The van der Waals surface area contributed by atoms with Crippen LogP contribution in [0.1, 0.15) is 50.8 Å². The van der Waals surface area contributed by atoms with Crippen molar-refractivity contribution in [2.45, 2.75) is 64.0 Å². The van der Waals surface area contributed by atoms with E-state index < -0.39 is 0 Å². The maximum atomic E-state index is 3.87. The van der Waals surface area contributed by atoms with Crippen molar-refractivity contribution in [3.8, 4) is 0 Å². The van der Waals surface area contributed by atoms with Crippen LogP contribution in [0.2, 0.25) is 0 Å². The van der Waals surface area contributed by atoms with E-state index in [1.54, 1.807) is 4.88 Å². The van der Waals surface area contributed by atoms with Crippen LogP contribution in [-0.2, 0) is 6.42 Å². The topological polar surface area (TPSA) is 15.3 Å².